The van der Waals surface area contributed by atoms with Crippen LogP contribution in [0.25, 0.3) is 0 Å². The first-order valence-corrected chi connectivity index (χ1v) is 8.25. The van der Waals surface area contributed by atoms with Gasteiger partial charge in [-0.2, -0.15) is 5.10 Å². The van der Waals surface area contributed by atoms with E-state index < -0.39 is 15.9 Å². The molecule has 120 valence electrons. The standard InChI is InChI=1S/C12H22N4O4S/c1-4-5-9-11(21(13,18)19)10(16-15-9)12(17)14-8(2)6-7-20-3/h8H,4-7H2,1-3H3,(H,14,17)(H,15,16)(H2,13,18,19). The van der Waals surface area contributed by atoms with Crippen LogP contribution in [0.4, 0.5) is 0 Å². The normalized spacial score (nSPS) is 13.1. The Morgan fingerprint density at radius 1 is 1.52 bits per heavy atom. The maximum Gasteiger partial charge on any atom is 0.273 e. The van der Waals surface area contributed by atoms with Crippen molar-refractivity contribution in [1.29, 1.82) is 0 Å². The number of carbonyl (C=O) groups excluding carboxylic acids is 1. The van der Waals surface area contributed by atoms with Crippen molar-refractivity contribution in [2.24, 2.45) is 5.14 Å². The zero-order valence-corrected chi connectivity index (χ0v) is 13.3. The van der Waals surface area contributed by atoms with E-state index in [0.29, 0.717) is 31.6 Å². The van der Waals surface area contributed by atoms with Gasteiger partial charge < -0.3 is 10.1 Å². The van der Waals surface area contributed by atoms with E-state index in [0.717, 1.165) is 0 Å². The van der Waals surface area contributed by atoms with E-state index in [1.165, 1.54) is 0 Å². The number of H-pyrrole nitrogens is 1. The van der Waals surface area contributed by atoms with Gasteiger partial charge in [-0.25, -0.2) is 13.6 Å². The van der Waals surface area contributed by atoms with Gasteiger partial charge in [0, 0.05) is 19.8 Å². The molecular weight excluding hydrogens is 296 g/mol. The lowest BCUT2D eigenvalue weighted by atomic mass is 10.2. The Bertz CT molecular complexity index is 582. The summed E-state index contributed by atoms with van der Waals surface area (Å²) in [5.41, 5.74) is 0.167. The molecule has 0 aliphatic rings. The molecule has 0 radical (unpaired) electrons. The molecule has 0 saturated carbocycles. The number of aromatic amines is 1. The van der Waals surface area contributed by atoms with Crippen molar-refractivity contribution in [1.82, 2.24) is 15.5 Å². The number of rotatable bonds is 8. The lowest BCUT2D eigenvalue weighted by molar-refractivity contribution is 0.0921. The molecule has 1 unspecified atom stereocenters. The summed E-state index contributed by atoms with van der Waals surface area (Å²) in [5, 5.41) is 14.3. The number of primary sulfonamides is 1. The maximum absolute atomic E-state index is 12.1. The molecular formula is C12H22N4O4S. The highest BCUT2D eigenvalue weighted by Crippen LogP contribution is 2.18. The highest BCUT2D eigenvalue weighted by Gasteiger charge is 2.27. The van der Waals surface area contributed by atoms with Gasteiger partial charge in [-0.1, -0.05) is 13.3 Å². The topological polar surface area (TPSA) is 127 Å². The fourth-order valence-electron chi connectivity index (χ4n) is 1.91. The summed E-state index contributed by atoms with van der Waals surface area (Å²) in [6, 6.07) is -0.169. The van der Waals surface area contributed by atoms with Gasteiger partial charge in [0.2, 0.25) is 10.0 Å². The van der Waals surface area contributed by atoms with Gasteiger partial charge in [0.1, 0.15) is 4.90 Å². The number of nitrogens with one attached hydrogen (secondary N) is 2. The molecule has 1 aromatic heterocycles. The van der Waals surface area contributed by atoms with Crippen molar-refractivity contribution in [2.75, 3.05) is 13.7 Å². The number of sulfonamides is 1. The largest absolute Gasteiger partial charge is 0.385 e. The van der Waals surface area contributed by atoms with Crippen LogP contribution in [0.1, 0.15) is 42.9 Å². The highest BCUT2D eigenvalue weighted by atomic mass is 32.2. The third kappa shape index (κ3) is 4.80. The van der Waals surface area contributed by atoms with Crippen molar-refractivity contribution < 1.29 is 17.9 Å². The summed E-state index contributed by atoms with van der Waals surface area (Å²) in [4.78, 5) is 11.9. The number of nitrogens with two attached hydrogens (primary N) is 1. The minimum atomic E-state index is -4.02. The first-order chi connectivity index (χ1) is 9.81. The van der Waals surface area contributed by atoms with E-state index in [1.807, 2.05) is 6.92 Å². The molecule has 1 heterocycles. The number of hydrogen-bond donors (Lipinski definition) is 3. The Labute approximate surface area is 124 Å². The van der Waals surface area contributed by atoms with E-state index in [2.05, 4.69) is 15.5 Å². The third-order valence-corrected chi connectivity index (χ3v) is 3.93. The number of ether oxygens (including phenoxy) is 1. The molecule has 21 heavy (non-hydrogen) atoms. The quantitative estimate of drug-likeness (QED) is 0.629. The van der Waals surface area contributed by atoms with E-state index in [-0.39, 0.29) is 16.6 Å². The Kier molecular flexibility index (Phi) is 6.31. The van der Waals surface area contributed by atoms with Crippen molar-refractivity contribution in [2.45, 2.75) is 44.0 Å². The summed E-state index contributed by atoms with van der Waals surface area (Å²) in [5.74, 6) is -0.568. The number of hydrogen-bond acceptors (Lipinski definition) is 5. The van der Waals surface area contributed by atoms with Crippen LogP contribution in [-0.4, -0.2) is 44.3 Å². The van der Waals surface area contributed by atoms with Crippen molar-refractivity contribution in [3.8, 4) is 0 Å². The second-order valence-electron chi connectivity index (χ2n) is 4.83. The van der Waals surface area contributed by atoms with Crippen LogP contribution in [0.2, 0.25) is 0 Å². The molecule has 0 spiro atoms. The lowest BCUT2D eigenvalue weighted by Gasteiger charge is -2.12. The Balaban J connectivity index is 2.99. The number of amides is 1. The van der Waals surface area contributed by atoms with Crippen LogP contribution >= 0.6 is 0 Å². The number of aromatic nitrogens is 2. The van der Waals surface area contributed by atoms with Crippen LogP contribution in [0.5, 0.6) is 0 Å². The molecule has 4 N–H and O–H groups in total. The monoisotopic (exact) mass is 318 g/mol. The molecule has 1 amide bonds. The molecule has 0 aromatic carbocycles. The lowest BCUT2D eigenvalue weighted by Crippen LogP contribution is -2.34. The molecule has 1 rings (SSSR count). The smallest absolute Gasteiger partial charge is 0.273 e. The number of methoxy groups -OCH3 is 1. The summed E-state index contributed by atoms with van der Waals surface area (Å²) in [6.07, 6.45) is 1.76. The van der Waals surface area contributed by atoms with E-state index in [1.54, 1.807) is 14.0 Å². The summed E-state index contributed by atoms with van der Waals surface area (Å²) in [7, 11) is -2.45. The van der Waals surface area contributed by atoms with Gasteiger partial charge >= 0.3 is 0 Å². The maximum atomic E-state index is 12.1. The number of nitrogens with zero attached hydrogens (tertiary/aromatic N) is 1. The summed E-state index contributed by atoms with van der Waals surface area (Å²) < 4.78 is 28.3. The molecule has 9 heteroatoms. The SMILES string of the molecule is CCCc1[nH]nc(C(=O)NC(C)CCOC)c1S(N)(=O)=O. The molecule has 0 aliphatic heterocycles. The summed E-state index contributed by atoms with van der Waals surface area (Å²) >= 11 is 0. The first-order valence-electron chi connectivity index (χ1n) is 6.71. The van der Waals surface area contributed by atoms with Crippen molar-refractivity contribution in [3.05, 3.63) is 11.4 Å². The van der Waals surface area contributed by atoms with Crippen molar-refractivity contribution >= 4 is 15.9 Å². The minimum absolute atomic E-state index is 0.169. The number of carbonyl (C=O) groups is 1. The summed E-state index contributed by atoms with van der Waals surface area (Å²) in [6.45, 7) is 4.18. The van der Waals surface area contributed by atoms with Crippen molar-refractivity contribution in [3.63, 3.8) is 0 Å². The molecule has 0 bridgehead atoms. The predicted octanol–water partition coefficient (Wildman–Crippen LogP) is 0.164. The second kappa shape index (κ2) is 7.53. The average Bonchev–Trinajstić information content (AvgIpc) is 2.80. The number of aryl methyl sites for hydroxylation is 1. The van der Waals surface area contributed by atoms with E-state index in [4.69, 9.17) is 9.88 Å². The van der Waals surface area contributed by atoms with Crippen LogP contribution in [0.3, 0.4) is 0 Å². The molecule has 8 nitrogen and oxygen atoms in total. The second-order valence-corrected chi connectivity index (χ2v) is 6.33. The molecule has 0 aliphatic carbocycles. The van der Waals surface area contributed by atoms with Gasteiger partial charge in [-0.05, 0) is 19.8 Å². The van der Waals surface area contributed by atoms with Gasteiger partial charge in [-0.15, -0.1) is 0 Å². The Morgan fingerprint density at radius 3 is 2.71 bits per heavy atom. The van der Waals surface area contributed by atoms with Gasteiger partial charge in [-0.3, -0.25) is 9.89 Å². The highest BCUT2D eigenvalue weighted by molar-refractivity contribution is 7.89. The molecule has 1 atom stereocenters. The fourth-order valence-corrected chi connectivity index (χ4v) is 2.81. The van der Waals surface area contributed by atoms with E-state index in [9.17, 15) is 13.2 Å². The minimum Gasteiger partial charge on any atom is -0.385 e. The Morgan fingerprint density at radius 2 is 2.19 bits per heavy atom. The van der Waals surface area contributed by atoms with Gasteiger partial charge in [0.15, 0.2) is 5.69 Å². The average molecular weight is 318 g/mol. The van der Waals surface area contributed by atoms with Crippen LogP contribution in [0, 0.1) is 0 Å². The van der Waals surface area contributed by atoms with Crippen LogP contribution in [-0.2, 0) is 21.2 Å². The van der Waals surface area contributed by atoms with Crippen LogP contribution < -0.4 is 10.5 Å². The van der Waals surface area contributed by atoms with E-state index >= 15 is 0 Å². The van der Waals surface area contributed by atoms with Crippen LogP contribution in [0.15, 0.2) is 4.90 Å². The first kappa shape index (κ1) is 17.6. The van der Waals surface area contributed by atoms with Gasteiger partial charge in [0.25, 0.3) is 5.91 Å². The Hall–Kier alpha value is -1.45. The third-order valence-electron chi connectivity index (χ3n) is 2.92. The fraction of sp³-hybridized carbons (Fsp3) is 0.667. The molecule has 0 fully saturated rings. The molecule has 1 aromatic rings. The zero-order chi connectivity index (χ0) is 16.0. The molecule has 0 saturated heterocycles. The predicted molar refractivity (Wildman–Crippen MR) is 77.4 cm³/mol. The van der Waals surface area contributed by atoms with Gasteiger partial charge in [0.05, 0.1) is 5.69 Å². The zero-order valence-electron chi connectivity index (χ0n) is 12.5.